The number of carbonyl (C=O) groups excluding carboxylic acids is 3. The molecule has 2 aromatic rings. The van der Waals surface area contributed by atoms with Crippen LogP contribution in [0.5, 0.6) is 0 Å². The molecule has 2 heterocycles. The van der Waals surface area contributed by atoms with Crippen LogP contribution >= 0.6 is 11.8 Å². The number of rotatable bonds is 6. The summed E-state index contributed by atoms with van der Waals surface area (Å²) >= 11 is 1.47. The van der Waals surface area contributed by atoms with Gasteiger partial charge in [-0.15, -0.1) is 0 Å². The fourth-order valence-electron chi connectivity index (χ4n) is 4.08. The molecule has 1 N–H and O–H groups in total. The summed E-state index contributed by atoms with van der Waals surface area (Å²) in [4.78, 5) is 44.1. The van der Waals surface area contributed by atoms with Crippen molar-refractivity contribution in [1.29, 1.82) is 0 Å². The number of carbonyl (C=O) groups is 3. The van der Waals surface area contributed by atoms with Gasteiger partial charge >= 0.3 is 0 Å². The molecule has 2 aliphatic rings. The first-order valence-corrected chi connectivity index (χ1v) is 10.8. The van der Waals surface area contributed by atoms with Gasteiger partial charge in [0.15, 0.2) is 5.16 Å². The Kier molecular flexibility index (Phi) is 5.71. The van der Waals surface area contributed by atoms with Gasteiger partial charge in [-0.2, -0.15) is 0 Å². The summed E-state index contributed by atoms with van der Waals surface area (Å²) in [6.07, 6.45) is 7.26. The third kappa shape index (κ3) is 4.07. The van der Waals surface area contributed by atoms with Crippen molar-refractivity contribution in [2.75, 3.05) is 11.9 Å². The van der Waals surface area contributed by atoms with E-state index in [1.165, 1.54) is 16.7 Å². The SMILES string of the molecule is Cn1ccnc1Sc1ccccc1NC(=O)CCN1C(=O)C2CCCCC2C1=O. The van der Waals surface area contributed by atoms with Crippen molar-refractivity contribution < 1.29 is 14.4 Å². The maximum absolute atomic E-state index is 12.5. The largest absolute Gasteiger partial charge is 0.329 e. The highest BCUT2D eigenvalue weighted by atomic mass is 32.2. The quantitative estimate of drug-likeness (QED) is 0.737. The van der Waals surface area contributed by atoms with E-state index < -0.39 is 0 Å². The number of hydrogen-bond donors (Lipinski definition) is 1. The molecule has 2 atom stereocenters. The van der Waals surface area contributed by atoms with E-state index >= 15 is 0 Å². The molecule has 4 rings (SSSR count). The van der Waals surface area contributed by atoms with Crippen LogP contribution in [0, 0.1) is 11.8 Å². The lowest BCUT2D eigenvalue weighted by molar-refractivity contribution is -0.140. The predicted octanol–water partition coefficient (Wildman–Crippen LogP) is 3.08. The second kappa shape index (κ2) is 8.41. The third-order valence-electron chi connectivity index (χ3n) is 5.63. The van der Waals surface area contributed by atoms with E-state index in [-0.39, 0.29) is 42.5 Å². The van der Waals surface area contributed by atoms with Crippen LogP contribution in [0.2, 0.25) is 0 Å². The Labute approximate surface area is 173 Å². The van der Waals surface area contributed by atoms with Crippen LogP contribution in [0.25, 0.3) is 0 Å². The van der Waals surface area contributed by atoms with Gasteiger partial charge in [0, 0.05) is 37.3 Å². The highest BCUT2D eigenvalue weighted by Gasteiger charge is 2.47. The molecule has 0 bridgehead atoms. The second-order valence-corrected chi connectivity index (χ2v) is 8.55. The van der Waals surface area contributed by atoms with E-state index in [0.717, 1.165) is 35.7 Å². The van der Waals surface area contributed by atoms with Crippen molar-refractivity contribution >= 4 is 35.2 Å². The molecule has 1 saturated heterocycles. The molecule has 0 spiro atoms. The lowest BCUT2D eigenvalue weighted by Gasteiger charge is -2.19. The Hall–Kier alpha value is -2.61. The van der Waals surface area contributed by atoms with E-state index in [1.807, 2.05) is 42.1 Å². The van der Waals surface area contributed by atoms with Crippen LogP contribution in [0.3, 0.4) is 0 Å². The summed E-state index contributed by atoms with van der Waals surface area (Å²) < 4.78 is 1.91. The van der Waals surface area contributed by atoms with Crippen molar-refractivity contribution in [3.8, 4) is 0 Å². The smallest absolute Gasteiger partial charge is 0.233 e. The van der Waals surface area contributed by atoms with Gasteiger partial charge in [-0.25, -0.2) is 4.98 Å². The standard InChI is InChI=1S/C21H24N4O3S/c1-24-13-11-22-21(24)29-17-9-5-4-8-16(17)23-18(26)10-12-25-19(27)14-6-2-3-7-15(14)20(25)28/h4-5,8-9,11,13-15H,2-3,6-7,10,12H2,1H3,(H,23,26). The van der Waals surface area contributed by atoms with Gasteiger partial charge < -0.3 is 9.88 Å². The molecule has 1 aromatic heterocycles. The Morgan fingerprint density at radius 1 is 1.17 bits per heavy atom. The number of aryl methyl sites for hydroxylation is 1. The van der Waals surface area contributed by atoms with Gasteiger partial charge in [0.1, 0.15) is 0 Å². The van der Waals surface area contributed by atoms with Crippen molar-refractivity contribution in [1.82, 2.24) is 14.5 Å². The van der Waals surface area contributed by atoms with Gasteiger partial charge in [-0.05, 0) is 36.7 Å². The second-order valence-electron chi connectivity index (χ2n) is 7.54. The van der Waals surface area contributed by atoms with E-state index in [1.54, 1.807) is 6.20 Å². The third-order valence-corrected chi connectivity index (χ3v) is 6.79. The zero-order valence-electron chi connectivity index (χ0n) is 16.3. The molecule has 2 fully saturated rings. The number of para-hydroxylation sites is 1. The lowest BCUT2D eigenvalue weighted by Crippen LogP contribution is -2.34. The summed E-state index contributed by atoms with van der Waals surface area (Å²) in [5, 5.41) is 3.73. The van der Waals surface area contributed by atoms with Crippen molar-refractivity contribution in [2.45, 2.75) is 42.2 Å². The van der Waals surface area contributed by atoms with Crippen LogP contribution in [0.4, 0.5) is 5.69 Å². The van der Waals surface area contributed by atoms with E-state index in [2.05, 4.69) is 10.3 Å². The minimum Gasteiger partial charge on any atom is -0.329 e. The Morgan fingerprint density at radius 3 is 2.52 bits per heavy atom. The fourth-order valence-corrected chi connectivity index (χ4v) is 4.98. The number of hydrogen-bond acceptors (Lipinski definition) is 5. The predicted molar refractivity (Wildman–Crippen MR) is 109 cm³/mol. The van der Waals surface area contributed by atoms with E-state index in [4.69, 9.17) is 0 Å². The number of nitrogens with zero attached hydrogens (tertiary/aromatic N) is 3. The molecule has 1 saturated carbocycles. The number of likely N-dealkylation sites (tertiary alicyclic amines) is 1. The van der Waals surface area contributed by atoms with Gasteiger partial charge in [-0.1, -0.05) is 25.0 Å². The maximum Gasteiger partial charge on any atom is 0.233 e. The molecule has 0 radical (unpaired) electrons. The lowest BCUT2D eigenvalue weighted by atomic mass is 9.81. The van der Waals surface area contributed by atoms with E-state index in [9.17, 15) is 14.4 Å². The highest BCUT2D eigenvalue weighted by molar-refractivity contribution is 7.99. The van der Waals surface area contributed by atoms with Gasteiger partial charge in [0.2, 0.25) is 17.7 Å². The first kappa shape index (κ1) is 19.7. The topological polar surface area (TPSA) is 84.3 Å². The number of anilines is 1. The monoisotopic (exact) mass is 412 g/mol. The molecule has 29 heavy (non-hydrogen) atoms. The molecule has 1 aliphatic heterocycles. The van der Waals surface area contributed by atoms with Crippen LogP contribution < -0.4 is 5.32 Å². The van der Waals surface area contributed by atoms with Crippen LogP contribution in [-0.2, 0) is 21.4 Å². The Morgan fingerprint density at radius 2 is 1.86 bits per heavy atom. The first-order chi connectivity index (χ1) is 14.0. The number of nitrogens with one attached hydrogen (secondary N) is 1. The zero-order valence-corrected chi connectivity index (χ0v) is 17.2. The van der Waals surface area contributed by atoms with Crippen LogP contribution in [0.15, 0.2) is 46.7 Å². The summed E-state index contributed by atoms with van der Waals surface area (Å²) in [7, 11) is 1.91. The summed E-state index contributed by atoms with van der Waals surface area (Å²) in [6.45, 7) is 0.144. The van der Waals surface area contributed by atoms with Crippen molar-refractivity contribution in [3.63, 3.8) is 0 Å². The molecule has 7 nitrogen and oxygen atoms in total. The fraction of sp³-hybridized carbons (Fsp3) is 0.429. The summed E-state index contributed by atoms with van der Waals surface area (Å²) in [5.74, 6) is -0.756. The first-order valence-electron chi connectivity index (χ1n) is 9.94. The number of aromatic nitrogens is 2. The molecular weight excluding hydrogens is 388 g/mol. The minimum absolute atomic E-state index is 0.0956. The van der Waals surface area contributed by atoms with Gasteiger partial charge in [0.25, 0.3) is 0 Å². The van der Waals surface area contributed by atoms with Gasteiger partial charge in [0.05, 0.1) is 17.5 Å². The van der Waals surface area contributed by atoms with E-state index in [0.29, 0.717) is 5.69 Å². The van der Waals surface area contributed by atoms with Crippen molar-refractivity contribution in [2.24, 2.45) is 18.9 Å². The Bertz CT molecular complexity index is 918. The number of amides is 3. The summed E-state index contributed by atoms with van der Waals surface area (Å²) in [5.41, 5.74) is 0.693. The number of fused-ring (bicyclic) bond motifs is 1. The summed E-state index contributed by atoms with van der Waals surface area (Å²) in [6, 6.07) is 7.53. The molecule has 8 heteroatoms. The molecule has 152 valence electrons. The van der Waals surface area contributed by atoms with Crippen LogP contribution in [-0.4, -0.2) is 38.7 Å². The molecule has 2 unspecified atom stereocenters. The normalized spacial score (nSPS) is 21.3. The number of benzene rings is 1. The number of imidazole rings is 1. The molecule has 1 aliphatic carbocycles. The Balaban J connectivity index is 1.38. The van der Waals surface area contributed by atoms with Crippen molar-refractivity contribution in [3.05, 3.63) is 36.7 Å². The molecule has 1 aromatic carbocycles. The molecule has 3 amide bonds. The van der Waals surface area contributed by atoms with Crippen LogP contribution in [0.1, 0.15) is 32.1 Å². The zero-order chi connectivity index (χ0) is 20.4. The molecular formula is C21H24N4O3S. The average Bonchev–Trinajstić information content (AvgIpc) is 3.23. The van der Waals surface area contributed by atoms with Gasteiger partial charge in [-0.3, -0.25) is 19.3 Å². The minimum atomic E-state index is -0.214. The highest BCUT2D eigenvalue weighted by Crippen LogP contribution is 2.38. The number of imide groups is 1. The maximum atomic E-state index is 12.5. The average molecular weight is 413 g/mol.